The molecule has 0 unspecified atom stereocenters. The Kier molecular flexibility index (Phi) is 3.60. The van der Waals surface area contributed by atoms with Gasteiger partial charge in [0.05, 0.1) is 0 Å². The molecule has 0 aliphatic carbocycles. The average molecular weight is 300 g/mol. The van der Waals surface area contributed by atoms with Crippen molar-refractivity contribution >= 4 is 16.9 Å². The molecule has 2 aromatic heterocycles. The molecule has 2 N–H and O–H groups in total. The number of pyridine rings is 1. The molecule has 0 aliphatic rings. The molecule has 112 valence electrons. The molecule has 1 aromatic carbocycles. The van der Waals surface area contributed by atoms with Crippen LogP contribution in [0.4, 0.5) is 4.39 Å². The maximum absolute atomic E-state index is 13.5. The van der Waals surface area contributed by atoms with Gasteiger partial charge in [-0.25, -0.2) is 9.18 Å². The van der Waals surface area contributed by atoms with E-state index in [1.165, 1.54) is 6.07 Å². The molecule has 0 saturated heterocycles. The van der Waals surface area contributed by atoms with E-state index in [1.807, 2.05) is 13.1 Å². The molecule has 3 rings (SSSR count). The number of benzene rings is 1. The smallest absolute Gasteiger partial charge is 0.339 e. The number of carbonyl (C=O) groups is 1. The van der Waals surface area contributed by atoms with Crippen LogP contribution < -0.4 is 5.32 Å². The molecule has 0 saturated carbocycles. The first-order valence-electron chi connectivity index (χ1n) is 6.65. The maximum atomic E-state index is 13.5. The molecule has 0 radical (unpaired) electrons. The molecule has 22 heavy (non-hydrogen) atoms. The molecule has 6 heteroatoms. The van der Waals surface area contributed by atoms with Gasteiger partial charge in [-0.15, -0.1) is 0 Å². The minimum atomic E-state index is -1.23. The summed E-state index contributed by atoms with van der Waals surface area (Å²) in [7, 11) is 1.84. The maximum Gasteiger partial charge on any atom is 0.339 e. The van der Waals surface area contributed by atoms with E-state index in [0.29, 0.717) is 23.4 Å². The number of halogens is 1. The van der Waals surface area contributed by atoms with Gasteiger partial charge in [0.25, 0.3) is 0 Å². The quantitative estimate of drug-likeness (QED) is 0.774. The first kappa shape index (κ1) is 14.2. The topological polar surface area (TPSA) is 75.4 Å². The Bertz CT molecular complexity index is 840. The first-order chi connectivity index (χ1) is 10.6. The van der Waals surface area contributed by atoms with Gasteiger partial charge in [-0.1, -0.05) is 6.07 Å². The summed E-state index contributed by atoms with van der Waals surface area (Å²) in [5.41, 5.74) is 1.52. The third kappa shape index (κ3) is 2.56. The van der Waals surface area contributed by atoms with Crippen molar-refractivity contribution in [3.63, 3.8) is 0 Å². The number of hydrogen-bond donors (Lipinski definition) is 2. The third-order valence-corrected chi connectivity index (χ3v) is 3.27. The summed E-state index contributed by atoms with van der Waals surface area (Å²) in [4.78, 5) is 15.5. The highest BCUT2D eigenvalue weighted by Gasteiger charge is 2.16. The minimum Gasteiger partial charge on any atom is -0.478 e. The van der Waals surface area contributed by atoms with E-state index in [4.69, 9.17) is 9.52 Å². The predicted octanol–water partition coefficient (Wildman–Crippen LogP) is 3.05. The summed E-state index contributed by atoms with van der Waals surface area (Å²) in [5.74, 6) is -1.45. The van der Waals surface area contributed by atoms with E-state index in [-0.39, 0.29) is 11.1 Å². The lowest BCUT2D eigenvalue weighted by molar-refractivity contribution is 0.0697. The van der Waals surface area contributed by atoms with Crippen LogP contribution in [0.5, 0.6) is 0 Å². The Morgan fingerprint density at radius 1 is 1.36 bits per heavy atom. The minimum absolute atomic E-state index is 0.144. The summed E-state index contributed by atoms with van der Waals surface area (Å²) in [6.45, 7) is 0.696. The second-order valence-electron chi connectivity index (χ2n) is 4.87. The SMILES string of the molecule is CNCc1ccc(-c2cc3cc(F)cc(C(=O)O)c3o2)nc1. The molecule has 0 atom stereocenters. The number of rotatable bonds is 4. The van der Waals surface area contributed by atoms with Crippen LogP contribution in [0.2, 0.25) is 0 Å². The van der Waals surface area contributed by atoms with Crippen molar-refractivity contribution in [2.24, 2.45) is 0 Å². The number of nitrogens with zero attached hydrogens (tertiary/aromatic N) is 1. The number of hydrogen-bond acceptors (Lipinski definition) is 4. The van der Waals surface area contributed by atoms with E-state index in [2.05, 4.69) is 10.3 Å². The fourth-order valence-electron chi connectivity index (χ4n) is 2.28. The third-order valence-electron chi connectivity index (χ3n) is 3.27. The molecule has 0 bridgehead atoms. The zero-order valence-electron chi connectivity index (χ0n) is 11.8. The number of carboxylic acid groups (broad SMARTS) is 1. The molecular formula is C16H13FN2O3. The van der Waals surface area contributed by atoms with Gasteiger partial charge in [0.2, 0.25) is 0 Å². The van der Waals surface area contributed by atoms with E-state index >= 15 is 0 Å². The number of aromatic carboxylic acids is 1. The lowest BCUT2D eigenvalue weighted by Crippen LogP contribution is -2.05. The molecule has 0 amide bonds. The van der Waals surface area contributed by atoms with Crippen LogP contribution in [0.3, 0.4) is 0 Å². The summed E-state index contributed by atoms with van der Waals surface area (Å²) in [6.07, 6.45) is 1.71. The number of fused-ring (bicyclic) bond motifs is 1. The van der Waals surface area contributed by atoms with Gasteiger partial charge < -0.3 is 14.8 Å². The largest absolute Gasteiger partial charge is 0.478 e. The van der Waals surface area contributed by atoms with Crippen LogP contribution in [0.15, 0.2) is 40.9 Å². The highest BCUT2D eigenvalue weighted by atomic mass is 19.1. The Labute approximate surface area is 125 Å². The predicted molar refractivity (Wildman–Crippen MR) is 79.1 cm³/mol. The van der Waals surface area contributed by atoms with Crippen LogP contribution in [0.1, 0.15) is 15.9 Å². The van der Waals surface area contributed by atoms with Gasteiger partial charge in [-0.2, -0.15) is 0 Å². The average Bonchev–Trinajstić information content (AvgIpc) is 2.91. The normalized spacial score (nSPS) is 11.0. The fraction of sp³-hybridized carbons (Fsp3) is 0.125. The Hall–Kier alpha value is -2.73. The van der Waals surface area contributed by atoms with Crippen molar-refractivity contribution in [2.45, 2.75) is 6.54 Å². The number of nitrogens with one attached hydrogen (secondary N) is 1. The summed E-state index contributed by atoms with van der Waals surface area (Å²) in [6, 6.07) is 7.45. The highest BCUT2D eigenvalue weighted by Crippen LogP contribution is 2.30. The van der Waals surface area contributed by atoms with Gasteiger partial charge >= 0.3 is 5.97 Å². The van der Waals surface area contributed by atoms with Crippen LogP contribution in [0.25, 0.3) is 22.4 Å². The fourth-order valence-corrected chi connectivity index (χ4v) is 2.28. The van der Waals surface area contributed by atoms with E-state index in [0.717, 1.165) is 11.6 Å². The Morgan fingerprint density at radius 3 is 2.82 bits per heavy atom. The highest BCUT2D eigenvalue weighted by molar-refractivity contribution is 6.02. The second-order valence-corrected chi connectivity index (χ2v) is 4.87. The Balaban J connectivity index is 2.08. The number of aromatic nitrogens is 1. The van der Waals surface area contributed by atoms with Gasteiger partial charge in [-0.3, -0.25) is 4.98 Å². The zero-order chi connectivity index (χ0) is 15.7. The zero-order valence-corrected chi connectivity index (χ0v) is 11.8. The molecule has 2 heterocycles. The molecule has 0 aliphatic heterocycles. The lowest BCUT2D eigenvalue weighted by atomic mass is 10.1. The van der Waals surface area contributed by atoms with Gasteiger partial charge in [-0.05, 0) is 36.9 Å². The van der Waals surface area contributed by atoms with Gasteiger partial charge in [0.15, 0.2) is 5.76 Å². The standard InChI is InChI=1S/C16H13FN2O3/c1-18-7-9-2-3-13(19-8-9)14-5-10-4-11(17)6-12(16(20)21)15(10)22-14/h2-6,8,18H,7H2,1H3,(H,20,21). The van der Waals surface area contributed by atoms with E-state index in [1.54, 1.807) is 18.3 Å². The lowest BCUT2D eigenvalue weighted by Gasteiger charge is -2.00. The van der Waals surface area contributed by atoms with E-state index < -0.39 is 11.8 Å². The molecule has 0 fully saturated rings. The van der Waals surface area contributed by atoms with Crippen molar-refractivity contribution in [3.05, 3.63) is 53.5 Å². The van der Waals surface area contributed by atoms with Crippen LogP contribution in [-0.4, -0.2) is 23.1 Å². The Morgan fingerprint density at radius 2 is 2.18 bits per heavy atom. The molecule has 0 spiro atoms. The summed E-state index contributed by atoms with van der Waals surface area (Å²) >= 11 is 0. The van der Waals surface area contributed by atoms with Crippen molar-refractivity contribution in [2.75, 3.05) is 7.05 Å². The van der Waals surface area contributed by atoms with E-state index in [9.17, 15) is 9.18 Å². The summed E-state index contributed by atoms with van der Waals surface area (Å²) in [5, 5.41) is 12.6. The molecule has 5 nitrogen and oxygen atoms in total. The van der Waals surface area contributed by atoms with Crippen molar-refractivity contribution in [1.82, 2.24) is 10.3 Å². The van der Waals surface area contributed by atoms with Crippen molar-refractivity contribution in [1.29, 1.82) is 0 Å². The summed E-state index contributed by atoms with van der Waals surface area (Å²) < 4.78 is 19.1. The van der Waals surface area contributed by atoms with Gasteiger partial charge in [0.1, 0.15) is 22.7 Å². The second kappa shape index (κ2) is 5.57. The monoisotopic (exact) mass is 300 g/mol. The molecular weight excluding hydrogens is 287 g/mol. The molecule has 3 aromatic rings. The number of furan rings is 1. The number of carboxylic acids is 1. The van der Waals surface area contributed by atoms with Crippen LogP contribution in [-0.2, 0) is 6.54 Å². The van der Waals surface area contributed by atoms with Crippen molar-refractivity contribution in [3.8, 4) is 11.5 Å². The van der Waals surface area contributed by atoms with Crippen molar-refractivity contribution < 1.29 is 18.7 Å². The van der Waals surface area contributed by atoms with Crippen LogP contribution >= 0.6 is 0 Å². The first-order valence-corrected chi connectivity index (χ1v) is 6.65. The van der Waals surface area contributed by atoms with Gasteiger partial charge in [0, 0.05) is 18.1 Å². The van der Waals surface area contributed by atoms with Crippen LogP contribution in [0, 0.1) is 5.82 Å².